The molecule has 1 aliphatic carbocycles. The minimum atomic E-state index is -0.366. The summed E-state index contributed by atoms with van der Waals surface area (Å²) in [5.41, 5.74) is 4.14. The highest BCUT2D eigenvalue weighted by Crippen LogP contribution is 2.41. The van der Waals surface area contributed by atoms with Crippen molar-refractivity contribution in [2.75, 3.05) is 0 Å². The van der Waals surface area contributed by atoms with Crippen molar-refractivity contribution in [2.24, 2.45) is 5.41 Å². The molecule has 0 spiro atoms. The van der Waals surface area contributed by atoms with Crippen LogP contribution < -0.4 is 5.32 Å². The number of carbonyl (C=O) groups is 1. The molecule has 1 saturated carbocycles. The molecule has 0 heterocycles. The summed E-state index contributed by atoms with van der Waals surface area (Å²) in [5.74, 6) is 0.143. The van der Waals surface area contributed by atoms with Crippen LogP contribution in [-0.2, 0) is 11.3 Å². The Morgan fingerprint density at radius 3 is 2.36 bits per heavy atom. The molecule has 2 aromatic carbocycles. The highest BCUT2D eigenvalue weighted by Gasteiger charge is 2.39. The van der Waals surface area contributed by atoms with Gasteiger partial charge in [0.25, 0.3) is 0 Å². The third-order valence-corrected chi connectivity index (χ3v) is 5.45. The zero-order valence-corrected chi connectivity index (χ0v) is 15.1. The second kappa shape index (κ2) is 7.69. The largest absolute Gasteiger partial charge is 0.351 e. The average Bonchev–Trinajstić information content (AvgIpc) is 2.67. The number of rotatable bonds is 5. The number of carbonyl (C=O) groups excluding carboxylic acids is 1. The molecule has 1 fully saturated rings. The molecular weight excluding hydrogens is 306 g/mol. The van der Waals surface area contributed by atoms with Gasteiger partial charge in [-0.25, -0.2) is 0 Å². The Hall–Kier alpha value is -2.35. The van der Waals surface area contributed by atoms with Gasteiger partial charge >= 0.3 is 0 Å². The average molecular weight is 333 g/mol. The van der Waals surface area contributed by atoms with Gasteiger partial charge in [0.2, 0.25) is 5.91 Å². The van der Waals surface area contributed by atoms with Crippen LogP contribution in [0.25, 0.3) is 11.1 Å². The topological polar surface area (TPSA) is 29.1 Å². The number of benzene rings is 2. The van der Waals surface area contributed by atoms with Gasteiger partial charge in [0, 0.05) is 6.54 Å². The van der Waals surface area contributed by atoms with Crippen LogP contribution in [0, 0.1) is 5.41 Å². The molecule has 0 radical (unpaired) electrons. The summed E-state index contributed by atoms with van der Waals surface area (Å²) in [6.45, 7) is 6.68. The van der Waals surface area contributed by atoms with Crippen LogP contribution in [0.3, 0.4) is 0 Å². The van der Waals surface area contributed by atoms with E-state index in [4.69, 9.17) is 0 Å². The van der Waals surface area contributed by atoms with Gasteiger partial charge in [0.15, 0.2) is 0 Å². The van der Waals surface area contributed by atoms with Gasteiger partial charge in [-0.2, -0.15) is 0 Å². The fraction of sp³-hybridized carbons (Fsp3) is 0.348. The van der Waals surface area contributed by atoms with E-state index in [0.717, 1.165) is 36.8 Å². The molecule has 0 unspecified atom stereocenters. The van der Waals surface area contributed by atoms with Gasteiger partial charge in [-0.05, 0) is 42.5 Å². The van der Waals surface area contributed by atoms with E-state index < -0.39 is 0 Å². The Morgan fingerprint density at radius 2 is 1.68 bits per heavy atom. The number of amides is 1. The summed E-state index contributed by atoms with van der Waals surface area (Å²) in [7, 11) is 0. The first-order chi connectivity index (χ1) is 12.1. The first-order valence-electron chi connectivity index (χ1n) is 9.20. The van der Waals surface area contributed by atoms with Gasteiger partial charge in [-0.1, -0.05) is 79.9 Å². The van der Waals surface area contributed by atoms with Crippen molar-refractivity contribution in [3.63, 3.8) is 0 Å². The predicted molar refractivity (Wildman–Crippen MR) is 104 cm³/mol. The quantitative estimate of drug-likeness (QED) is 0.720. The molecule has 0 saturated heterocycles. The van der Waals surface area contributed by atoms with E-state index >= 15 is 0 Å². The number of nitrogens with one attached hydrogen (secondary N) is 1. The van der Waals surface area contributed by atoms with E-state index in [1.807, 2.05) is 25.1 Å². The van der Waals surface area contributed by atoms with Crippen LogP contribution in [-0.4, -0.2) is 5.91 Å². The monoisotopic (exact) mass is 333 g/mol. The normalized spacial score (nSPS) is 16.2. The second-order valence-electron chi connectivity index (χ2n) is 7.17. The minimum absolute atomic E-state index is 0.143. The molecule has 3 rings (SSSR count). The summed E-state index contributed by atoms with van der Waals surface area (Å²) < 4.78 is 0. The van der Waals surface area contributed by atoms with Crippen molar-refractivity contribution in [3.05, 3.63) is 72.3 Å². The third-order valence-electron chi connectivity index (χ3n) is 5.45. The number of hydrogen-bond acceptors (Lipinski definition) is 1. The minimum Gasteiger partial charge on any atom is -0.351 e. The Morgan fingerprint density at radius 1 is 1.00 bits per heavy atom. The summed E-state index contributed by atoms with van der Waals surface area (Å²) in [6.07, 6.45) is 5.31. The van der Waals surface area contributed by atoms with E-state index in [0.29, 0.717) is 6.54 Å². The van der Waals surface area contributed by atoms with Crippen molar-refractivity contribution in [1.29, 1.82) is 0 Å². The maximum absolute atomic E-state index is 12.9. The molecule has 0 atom stereocenters. The first-order valence-corrected chi connectivity index (χ1v) is 9.20. The van der Waals surface area contributed by atoms with E-state index in [9.17, 15) is 4.79 Å². The first kappa shape index (κ1) is 17.5. The van der Waals surface area contributed by atoms with Crippen molar-refractivity contribution in [3.8, 4) is 11.1 Å². The molecule has 2 heteroatoms. The van der Waals surface area contributed by atoms with E-state index in [2.05, 4.69) is 48.3 Å². The van der Waals surface area contributed by atoms with Crippen LogP contribution in [0.2, 0.25) is 0 Å². The lowest BCUT2D eigenvalue weighted by atomic mass is 9.69. The fourth-order valence-corrected chi connectivity index (χ4v) is 3.85. The summed E-state index contributed by atoms with van der Waals surface area (Å²) in [5, 5.41) is 3.17. The van der Waals surface area contributed by atoms with Crippen molar-refractivity contribution < 1.29 is 4.79 Å². The third kappa shape index (κ3) is 3.84. The molecule has 0 aliphatic heterocycles. The Bertz CT molecular complexity index is 742. The SMILES string of the molecule is C=C(C)C1(C(=O)NCc2cccc(-c3ccccc3)c2)CCCCC1. The standard InChI is InChI=1S/C23H27NO/c1-18(2)23(14-7-4-8-15-23)22(25)24-17-19-10-9-13-21(16-19)20-11-5-3-6-12-20/h3,5-6,9-13,16H,1,4,7-8,14-15,17H2,2H3,(H,24,25). The molecule has 2 aromatic rings. The van der Waals surface area contributed by atoms with Gasteiger partial charge in [-0.3, -0.25) is 4.79 Å². The van der Waals surface area contributed by atoms with Crippen LogP contribution >= 0.6 is 0 Å². The van der Waals surface area contributed by atoms with Crippen LogP contribution in [0.1, 0.15) is 44.6 Å². The maximum atomic E-state index is 12.9. The van der Waals surface area contributed by atoms with Crippen LogP contribution in [0.15, 0.2) is 66.7 Å². The smallest absolute Gasteiger partial charge is 0.230 e. The van der Waals surface area contributed by atoms with Crippen LogP contribution in [0.5, 0.6) is 0 Å². The summed E-state index contributed by atoms with van der Waals surface area (Å²) in [6, 6.07) is 18.7. The van der Waals surface area contributed by atoms with Crippen molar-refractivity contribution in [2.45, 2.75) is 45.6 Å². The molecule has 0 aromatic heterocycles. The van der Waals surface area contributed by atoms with Crippen LogP contribution in [0.4, 0.5) is 0 Å². The van der Waals surface area contributed by atoms with Gasteiger partial charge in [0.1, 0.15) is 0 Å². The fourth-order valence-electron chi connectivity index (χ4n) is 3.85. The molecule has 1 aliphatic rings. The molecular formula is C23H27NO. The van der Waals surface area contributed by atoms with E-state index in [1.54, 1.807) is 0 Å². The van der Waals surface area contributed by atoms with Gasteiger partial charge < -0.3 is 5.32 Å². The lowest BCUT2D eigenvalue weighted by molar-refractivity contribution is -0.130. The molecule has 25 heavy (non-hydrogen) atoms. The molecule has 2 nitrogen and oxygen atoms in total. The summed E-state index contributed by atoms with van der Waals surface area (Å²) >= 11 is 0. The molecule has 1 N–H and O–H groups in total. The Labute approximate surface area is 151 Å². The molecule has 0 bridgehead atoms. The highest BCUT2D eigenvalue weighted by molar-refractivity contribution is 5.85. The zero-order valence-electron chi connectivity index (χ0n) is 15.1. The summed E-state index contributed by atoms with van der Waals surface area (Å²) in [4.78, 5) is 12.9. The Balaban J connectivity index is 1.71. The second-order valence-corrected chi connectivity index (χ2v) is 7.17. The lowest BCUT2D eigenvalue weighted by Gasteiger charge is -2.36. The molecule has 130 valence electrons. The van der Waals surface area contributed by atoms with Gasteiger partial charge in [0.05, 0.1) is 5.41 Å². The lowest BCUT2D eigenvalue weighted by Crippen LogP contribution is -2.42. The van der Waals surface area contributed by atoms with E-state index in [-0.39, 0.29) is 11.3 Å². The number of hydrogen-bond donors (Lipinski definition) is 1. The van der Waals surface area contributed by atoms with Crippen molar-refractivity contribution >= 4 is 5.91 Å². The van der Waals surface area contributed by atoms with Gasteiger partial charge in [-0.15, -0.1) is 0 Å². The van der Waals surface area contributed by atoms with Crippen molar-refractivity contribution in [1.82, 2.24) is 5.32 Å². The Kier molecular flexibility index (Phi) is 5.37. The maximum Gasteiger partial charge on any atom is 0.230 e. The zero-order chi connectivity index (χ0) is 17.7. The molecule has 1 amide bonds. The highest BCUT2D eigenvalue weighted by atomic mass is 16.2. The predicted octanol–water partition coefficient (Wildman–Crippen LogP) is 5.50. The van der Waals surface area contributed by atoms with E-state index in [1.165, 1.54) is 17.5 Å².